The highest BCUT2D eigenvalue weighted by atomic mass is 79.9. The monoisotopic (exact) mass is 374 g/mol. The Labute approximate surface area is 140 Å². The Bertz CT molecular complexity index is 1010. The van der Waals surface area contributed by atoms with Crippen molar-refractivity contribution in [1.29, 1.82) is 0 Å². The second-order valence-electron chi connectivity index (χ2n) is 5.97. The number of hydrogen-bond donors (Lipinski definition) is 0. The molecule has 1 aliphatic rings. The summed E-state index contributed by atoms with van der Waals surface area (Å²) >= 11 is 9.82. The number of benzene rings is 2. The first kappa shape index (κ1) is 14.0. The molecule has 2 heterocycles. The minimum Gasteiger partial charge on any atom is -0.295 e. The predicted molar refractivity (Wildman–Crippen MR) is 92.2 cm³/mol. The third-order valence-electron chi connectivity index (χ3n) is 4.31. The van der Waals surface area contributed by atoms with Crippen molar-refractivity contribution < 1.29 is 0 Å². The summed E-state index contributed by atoms with van der Waals surface area (Å²) in [4.78, 5) is 16.9. The molecule has 1 aromatic heterocycles. The highest BCUT2D eigenvalue weighted by Gasteiger charge is 2.38. The molecule has 2 aromatic carbocycles. The third kappa shape index (κ3) is 1.62. The maximum atomic E-state index is 12.5. The molecule has 0 bridgehead atoms. The van der Waals surface area contributed by atoms with Gasteiger partial charge in [-0.3, -0.25) is 9.36 Å². The molecule has 0 saturated heterocycles. The molecule has 4 rings (SSSR count). The van der Waals surface area contributed by atoms with Crippen LogP contribution in [-0.2, 0) is 5.41 Å². The highest BCUT2D eigenvalue weighted by molar-refractivity contribution is 9.10. The lowest BCUT2D eigenvalue weighted by molar-refractivity contribution is 0.610. The number of aromatic nitrogens is 2. The standard InChI is InChI=1S/C17H12BrClN2O/c1-17(2)9-5-3-4-6-12(9)21-14-10(18)7-8-11(19)13(14)15(22)20-16(17)21/h3-8H,1-2H3. The van der Waals surface area contributed by atoms with Crippen molar-refractivity contribution in [1.82, 2.24) is 9.55 Å². The molecular formula is C17H12BrClN2O. The lowest BCUT2D eigenvalue weighted by Gasteiger charge is -2.19. The molecule has 0 N–H and O–H groups in total. The minimum absolute atomic E-state index is 0.284. The number of halogens is 2. The smallest absolute Gasteiger partial charge is 0.282 e. The van der Waals surface area contributed by atoms with E-state index in [-0.39, 0.29) is 11.0 Å². The zero-order valence-electron chi connectivity index (χ0n) is 12.0. The van der Waals surface area contributed by atoms with Crippen LogP contribution in [0.3, 0.4) is 0 Å². The largest absolute Gasteiger partial charge is 0.295 e. The summed E-state index contributed by atoms with van der Waals surface area (Å²) in [6.07, 6.45) is 0. The number of rotatable bonds is 0. The Hall–Kier alpha value is -1.65. The molecule has 3 nitrogen and oxygen atoms in total. The van der Waals surface area contributed by atoms with Crippen LogP contribution in [0.25, 0.3) is 16.6 Å². The van der Waals surface area contributed by atoms with E-state index in [0.29, 0.717) is 10.4 Å². The van der Waals surface area contributed by atoms with Crippen LogP contribution in [0.15, 0.2) is 45.7 Å². The molecule has 0 aliphatic carbocycles. The van der Waals surface area contributed by atoms with Crippen LogP contribution >= 0.6 is 27.5 Å². The molecule has 22 heavy (non-hydrogen) atoms. The van der Waals surface area contributed by atoms with Crippen molar-refractivity contribution in [2.45, 2.75) is 19.3 Å². The lowest BCUT2D eigenvalue weighted by Crippen LogP contribution is -2.24. The molecule has 3 aromatic rings. The summed E-state index contributed by atoms with van der Waals surface area (Å²) in [5.41, 5.74) is 2.37. The second-order valence-corrected chi connectivity index (χ2v) is 7.23. The minimum atomic E-state index is -0.328. The fraction of sp³-hybridized carbons (Fsp3) is 0.176. The van der Waals surface area contributed by atoms with Gasteiger partial charge in [-0.05, 0) is 53.5 Å². The van der Waals surface area contributed by atoms with Crippen molar-refractivity contribution in [3.8, 4) is 5.69 Å². The van der Waals surface area contributed by atoms with E-state index in [2.05, 4.69) is 40.8 Å². The summed E-state index contributed by atoms with van der Waals surface area (Å²) < 4.78 is 2.88. The lowest BCUT2D eigenvalue weighted by atomic mass is 9.85. The van der Waals surface area contributed by atoms with E-state index in [4.69, 9.17) is 11.6 Å². The van der Waals surface area contributed by atoms with Crippen LogP contribution in [0.5, 0.6) is 0 Å². The van der Waals surface area contributed by atoms with Crippen LogP contribution < -0.4 is 5.56 Å². The fourth-order valence-electron chi connectivity index (χ4n) is 3.24. The first-order chi connectivity index (χ1) is 10.4. The van der Waals surface area contributed by atoms with Gasteiger partial charge in [-0.25, -0.2) is 0 Å². The van der Waals surface area contributed by atoms with Crippen molar-refractivity contribution in [2.75, 3.05) is 0 Å². The van der Waals surface area contributed by atoms with Gasteiger partial charge in [-0.2, -0.15) is 4.98 Å². The molecule has 0 spiro atoms. The van der Waals surface area contributed by atoms with Gasteiger partial charge in [0.2, 0.25) is 0 Å². The van der Waals surface area contributed by atoms with Gasteiger partial charge in [0.15, 0.2) is 0 Å². The van der Waals surface area contributed by atoms with Crippen molar-refractivity contribution in [3.63, 3.8) is 0 Å². The van der Waals surface area contributed by atoms with Crippen molar-refractivity contribution in [2.24, 2.45) is 0 Å². The highest BCUT2D eigenvalue weighted by Crippen LogP contribution is 2.44. The summed E-state index contributed by atoms with van der Waals surface area (Å²) in [5, 5.41) is 0.875. The van der Waals surface area contributed by atoms with Gasteiger partial charge < -0.3 is 0 Å². The molecule has 0 amide bonds. The fourth-order valence-corrected chi connectivity index (χ4v) is 3.98. The quantitative estimate of drug-likeness (QED) is 0.582. The van der Waals surface area contributed by atoms with Crippen LogP contribution in [0.1, 0.15) is 25.2 Å². The summed E-state index contributed by atoms with van der Waals surface area (Å²) in [6.45, 7) is 4.17. The zero-order valence-corrected chi connectivity index (χ0v) is 14.4. The molecule has 0 saturated carbocycles. The molecule has 0 atom stereocenters. The third-order valence-corrected chi connectivity index (χ3v) is 5.27. The number of para-hydroxylation sites is 1. The van der Waals surface area contributed by atoms with E-state index in [1.54, 1.807) is 6.07 Å². The van der Waals surface area contributed by atoms with Gasteiger partial charge in [0, 0.05) is 4.47 Å². The van der Waals surface area contributed by atoms with Crippen molar-refractivity contribution >= 4 is 38.4 Å². The topological polar surface area (TPSA) is 34.9 Å². The van der Waals surface area contributed by atoms with Crippen LogP contribution in [0.4, 0.5) is 0 Å². The molecular weight excluding hydrogens is 364 g/mol. The van der Waals surface area contributed by atoms with E-state index in [9.17, 15) is 4.79 Å². The van der Waals surface area contributed by atoms with Crippen LogP contribution in [0, 0.1) is 0 Å². The van der Waals surface area contributed by atoms with Gasteiger partial charge in [-0.15, -0.1) is 0 Å². The Morgan fingerprint density at radius 3 is 2.68 bits per heavy atom. The maximum Gasteiger partial charge on any atom is 0.282 e. The van der Waals surface area contributed by atoms with E-state index in [0.717, 1.165) is 27.1 Å². The van der Waals surface area contributed by atoms with Gasteiger partial charge in [0.1, 0.15) is 5.82 Å². The van der Waals surface area contributed by atoms with E-state index in [1.165, 1.54) is 0 Å². The Morgan fingerprint density at radius 2 is 1.91 bits per heavy atom. The number of nitrogens with zero attached hydrogens (tertiary/aromatic N) is 2. The zero-order chi connectivity index (χ0) is 15.6. The average molecular weight is 376 g/mol. The second kappa shape index (κ2) is 4.43. The van der Waals surface area contributed by atoms with Gasteiger partial charge in [0.25, 0.3) is 5.56 Å². The first-order valence-electron chi connectivity index (χ1n) is 6.94. The molecule has 0 fully saturated rings. The molecule has 110 valence electrons. The van der Waals surface area contributed by atoms with Gasteiger partial charge in [-0.1, -0.05) is 29.8 Å². The Balaban J connectivity index is 2.33. The van der Waals surface area contributed by atoms with E-state index in [1.807, 2.05) is 28.8 Å². The number of hydrogen-bond acceptors (Lipinski definition) is 2. The Kier molecular flexibility index (Phi) is 2.81. The molecule has 1 aliphatic heterocycles. The van der Waals surface area contributed by atoms with Crippen LogP contribution in [0.2, 0.25) is 5.02 Å². The maximum absolute atomic E-state index is 12.5. The molecule has 0 radical (unpaired) electrons. The normalized spacial score (nSPS) is 14.9. The van der Waals surface area contributed by atoms with Gasteiger partial charge in [0.05, 0.1) is 27.0 Å². The average Bonchev–Trinajstić information content (AvgIpc) is 2.71. The van der Waals surface area contributed by atoms with Gasteiger partial charge >= 0.3 is 0 Å². The SMILES string of the molecule is CC1(C)c2ccccc2-n2c1nc(=O)c1c(Cl)ccc(Br)c12. The molecule has 0 unspecified atom stereocenters. The van der Waals surface area contributed by atoms with Crippen LogP contribution in [-0.4, -0.2) is 9.55 Å². The summed E-state index contributed by atoms with van der Waals surface area (Å²) in [5.74, 6) is 0.745. The first-order valence-corrected chi connectivity index (χ1v) is 8.11. The Morgan fingerprint density at radius 1 is 1.18 bits per heavy atom. The molecule has 5 heteroatoms. The predicted octanol–water partition coefficient (Wildman–Crippen LogP) is 4.44. The van der Waals surface area contributed by atoms with E-state index >= 15 is 0 Å². The summed E-state index contributed by atoms with van der Waals surface area (Å²) in [6, 6.07) is 11.7. The van der Waals surface area contributed by atoms with E-state index < -0.39 is 0 Å². The summed E-state index contributed by atoms with van der Waals surface area (Å²) in [7, 11) is 0. The van der Waals surface area contributed by atoms with Crippen molar-refractivity contribution in [3.05, 3.63) is 67.6 Å². The number of fused-ring (bicyclic) bond motifs is 5.